The highest BCUT2D eigenvalue weighted by atomic mass is 32.2. The number of nitrogens with zero attached hydrogens (tertiary/aromatic N) is 2. The molecule has 0 spiro atoms. The molecule has 0 fully saturated rings. The fourth-order valence-electron chi connectivity index (χ4n) is 3.11. The summed E-state index contributed by atoms with van der Waals surface area (Å²) in [5.41, 5.74) is 3.88. The van der Waals surface area contributed by atoms with Gasteiger partial charge in [0.15, 0.2) is 11.5 Å². The van der Waals surface area contributed by atoms with E-state index in [0.717, 1.165) is 22.0 Å². The van der Waals surface area contributed by atoms with Crippen LogP contribution in [0.1, 0.15) is 11.1 Å². The zero-order valence-corrected chi connectivity index (χ0v) is 19.7. The molecule has 178 valence electrons. The van der Waals surface area contributed by atoms with Crippen molar-refractivity contribution >= 4 is 27.8 Å². The smallest absolute Gasteiger partial charge is 0.264 e. The van der Waals surface area contributed by atoms with Crippen LogP contribution >= 0.6 is 0 Å². The number of halogens is 1. The summed E-state index contributed by atoms with van der Waals surface area (Å²) in [5, 5.41) is 3.91. The van der Waals surface area contributed by atoms with Crippen molar-refractivity contribution in [3.05, 3.63) is 83.7 Å². The first-order valence-corrected chi connectivity index (χ1v) is 11.6. The first-order chi connectivity index (χ1) is 16.3. The van der Waals surface area contributed by atoms with Gasteiger partial charge in [-0.1, -0.05) is 23.8 Å². The van der Waals surface area contributed by atoms with Gasteiger partial charge in [-0.3, -0.25) is 9.10 Å². The topological polar surface area (TPSA) is 97.3 Å². The van der Waals surface area contributed by atoms with Gasteiger partial charge in [-0.25, -0.2) is 18.2 Å². The van der Waals surface area contributed by atoms with E-state index in [-0.39, 0.29) is 10.6 Å². The number of carbonyl (C=O) groups is 1. The van der Waals surface area contributed by atoms with Gasteiger partial charge in [0.05, 0.1) is 31.0 Å². The van der Waals surface area contributed by atoms with Crippen molar-refractivity contribution in [1.82, 2.24) is 5.43 Å². The van der Waals surface area contributed by atoms with Crippen LogP contribution in [0.5, 0.6) is 11.5 Å². The Balaban J connectivity index is 1.84. The number of anilines is 1. The van der Waals surface area contributed by atoms with Gasteiger partial charge < -0.3 is 9.47 Å². The van der Waals surface area contributed by atoms with Crippen molar-refractivity contribution in [3.63, 3.8) is 0 Å². The fourth-order valence-corrected chi connectivity index (χ4v) is 4.53. The zero-order chi connectivity index (χ0) is 24.7. The third-order valence-corrected chi connectivity index (χ3v) is 6.63. The molecule has 3 rings (SSSR count). The molecule has 0 saturated heterocycles. The van der Waals surface area contributed by atoms with Crippen molar-refractivity contribution < 1.29 is 27.1 Å². The molecule has 0 radical (unpaired) electrons. The quantitative estimate of drug-likeness (QED) is 0.370. The lowest BCUT2D eigenvalue weighted by Crippen LogP contribution is -2.39. The van der Waals surface area contributed by atoms with Gasteiger partial charge in [0.2, 0.25) is 0 Å². The van der Waals surface area contributed by atoms with Crippen LogP contribution in [0.4, 0.5) is 10.1 Å². The molecular weight excluding hydrogens is 461 g/mol. The van der Waals surface area contributed by atoms with E-state index in [2.05, 4.69) is 10.5 Å². The summed E-state index contributed by atoms with van der Waals surface area (Å²) in [4.78, 5) is 12.6. The van der Waals surface area contributed by atoms with Gasteiger partial charge in [-0.2, -0.15) is 5.10 Å². The van der Waals surface area contributed by atoms with Crippen LogP contribution in [0.25, 0.3) is 0 Å². The van der Waals surface area contributed by atoms with Gasteiger partial charge in [0.25, 0.3) is 15.9 Å². The summed E-state index contributed by atoms with van der Waals surface area (Å²) in [6.45, 7) is 1.26. The number of carbonyl (C=O) groups excluding carboxylic acids is 1. The molecule has 0 saturated carbocycles. The van der Waals surface area contributed by atoms with Gasteiger partial charge in [0.1, 0.15) is 12.4 Å². The summed E-state index contributed by atoms with van der Waals surface area (Å²) in [6.07, 6.45) is 1.36. The lowest BCUT2D eigenvalue weighted by Gasteiger charge is -2.23. The Labute approximate surface area is 197 Å². The van der Waals surface area contributed by atoms with E-state index in [4.69, 9.17) is 9.47 Å². The third kappa shape index (κ3) is 5.70. The van der Waals surface area contributed by atoms with E-state index in [1.807, 2.05) is 6.92 Å². The lowest BCUT2D eigenvalue weighted by atomic mass is 10.2. The molecule has 0 unspecified atom stereocenters. The molecule has 0 aliphatic carbocycles. The van der Waals surface area contributed by atoms with Gasteiger partial charge in [0, 0.05) is 5.56 Å². The minimum absolute atomic E-state index is 0.000145. The molecule has 1 amide bonds. The second kappa shape index (κ2) is 10.8. The maximum atomic E-state index is 13.4. The average Bonchev–Trinajstić information content (AvgIpc) is 2.83. The van der Waals surface area contributed by atoms with E-state index in [0.29, 0.717) is 17.1 Å². The summed E-state index contributed by atoms with van der Waals surface area (Å²) in [7, 11) is -1.14. The summed E-state index contributed by atoms with van der Waals surface area (Å²) < 4.78 is 51.5. The van der Waals surface area contributed by atoms with Crippen LogP contribution in [0.2, 0.25) is 0 Å². The molecule has 3 aromatic rings. The van der Waals surface area contributed by atoms with Crippen molar-refractivity contribution in [3.8, 4) is 11.5 Å². The number of methoxy groups -OCH3 is 2. The zero-order valence-electron chi connectivity index (χ0n) is 18.9. The molecule has 8 nitrogen and oxygen atoms in total. The van der Waals surface area contributed by atoms with Crippen LogP contribution < -0.4 is 19.2 Å². The third-order valence-electron chi connectivity index (χ3n) is 4.84. The minimum Gasteiger partial charge on any atom is -0.493 e. The lowest BCUT2D eigenvalue weighted by molar-refractivity contribution is -0.119. The van der Waals surface area contributed by atoms with Crippen molar-refractivity contribution in [2.75, 3.05) is 25.1 Å². The minimum atomic E-state index is -4.11. The van der Waals surface area contributed by atoms with Gasteiger partial charge in [-0.15, -0.1) is 0 Å². The van der Waals surface area contributed by atoms with E-state index in [9.17, 15) is 17.6 Å². The van der Waals surface area contributed by atoms with E-state index in [1.165, 1.54) is 44.7 Å². The number of aryl methyl sites for hydroxylation is 1. The maximum Gasteiger partial charge on any atom is 0.264 e. The van der Waals surface area contributed by atoms with E-state index in [1.54, 1.807) is 30.3 Å². The number of hydrazone groups is 1. The standard InChI is InChI=1S/C24H24FN3O5S/c1-17-7-13-21(14-8-17)34(30,31)28(20-11-9-19(25)10-12-20)16-23(29)27-26-15-18-5-4-6-22(32-2)24(18)33-3/h4-15H,16H2,1-3H3,(H,27,29)/b26-15-. The fraction of sp³-hybridized carbons (Fsp3) is 0.167. The molecule has 1 N–H and O–H groups in total. The summed E-state index contributed by atoms with van der Waals surface area (Å²) >= 11 is 0. The Bertz CT molecular complexity index is 1280. The SMILES string of the molecule is COc1cccc(/C=N\NC(=O)CN(c2ccc(F)cc2)S(=O)(=O)c2ccc(C)cc2)c1OC. The van der Waals surface area contributed by atoms with E-state index >= 15 is 0 Å². The van der Waals surface area contributed by atoms with Crippen molar-refractivity contribution in [2.24, 2.45) is 5.10 Å². The number of sulfonamides is 1. The first kappa shape index (κ1) is 24.7. The molecule has 3 aromatic carbocycles. The number of hydrogen-bond acceptors (Lipinski definition) is 6. The maximum absolute atomic E-state index is 13.4. The largest absolute Gasteiger partial charge is 0.493 e. The second-order valence-corrected chi connectivity index (χ2v) is 9.04. The van der Waals surface area contributed by atoms with Gasteiger partial charge in [-0.05, 0) is 55.5 Å². The number of ether oxygens (including phenoxy) is 2. The molecule has 0 aliphatic rings. The molecule has 0 bridgehead atoms. The van der Waals surface area contributed by atoms with Gasteiger partial charge >= 0.3 is 0 Å². The Kier molecular flexibility index (Phi) is 7.85. The molecule has 0 atom stereocenters. The first-order valence-electron chi connectivity index (χ1n) is 10.1. The average molecular weight is 486 g/mol. The van der Waals surface area contributed by atoms with Crippen molar-refractivity contribution in [2.45, 2.75) is 11.8 Å². The summed E-state index contributed by atoms with van der Waals surface area (Å²) in [6, 6.07) is 16.2. The summed E-state index contributed by atoms with van der Waals surface area (Å²) in [5.74, 6) is -0.307. The molecular formula is C24H24FN3O5S. The number of rotatable bonds is 9. The van der Waals surface area contributed by atoms with Crippen LogP contribution in [0.15, 0.2) is 76.7 Å². The number of benzene rings is 3. The monoisotopic (exact) mass is 485 g/mol. The Morgan fingerprint density at radius 1 is 1.03 bits per heavy atom. The number of hydrogen-bond donors (Lipinski definition) is 1. The highest BCUT2D eigenvalue weighted by Gasteiger charge is 2.27. The Morgan fingerprint density at radius 2 is 1.71 bits per heavy atom. The molecule has 0 aromatic heterocycles. The molecule has 0 aliphatic heterocycles. The second-order valence-electron chi connectivity index (χ2n) is 7.18. The Morgan fingerprint density at radius 3 is 2.32 bits per heavy atom. The normalized spacial score (nSPS) is 11.3. The molecule has 34 heavy (non-hydrogen) atoms. The van der Waals surface area contributed by atoms with E-state index < -0.39 is 28.3 Å². The van der Waals surface area contributed by atoms with Crippen LogP contribution in [0, 0.1) is 12.7 Å². The molecule has 10 heteroatoms. The predicted octanol–water partition coefficient (Wildman–Crippen LogP) is 3.50. The van der Waals surface area contributed by atoms with Crippen LogP contribution in [-0.4, -0.2) is 41.3 Å². The Hall–Kier alpha value is -3.92. The highest BCUT2D eigenvalue weighted by molar-refractivity contribution is 7.92. The highest BCUT2D eigenvalue weighted by Crippen LogP contribution is 2.29. The number of para-hydroxylation sites is 1. The number of nitrogens with one attached hydrogen (secondary N) is 1. The molecule has 0 heterocycles. The van der Waals surface area contributed by atoms with Crippen LogP contribution in [-0.2, 0) is 14.8 Å². The van der Waals surface area contributed by atoms with Crippen LogP contribution in [0.3, 0.4) is 0 Å². The van der Waals surface area contributed by atoms with Crippen molar-refractivity contribution in [1.29, 1.82) is 0 Å². The predicted molar refractivity (Wildman–Crippen MR) is 127 cm³/mol. The number of amides is 1.